The quantitative estimate of drug-likeness (QED) is 0.475. The number of aromatic hydroxyl groups is 1. The molecule has 4 aromatic rings. The molecule has 0 unspecified atom stereocenters. The van der Waals surface area contributed by atoms with Gasteiger partial charge in [-0.05, 0) is 36.2 Å². The Balaban J connectivity index is 1.90. The number of hydrogen-bond donors (Lipinski definition) is 1. The summed E-state index contributed by atoms with van der Waals surface area (Å²) in [5.41, 5.74) is 4.88. The lowest BCUT2D eigenvalue weighted by molar-refractivity contribution is 0.406. The Morgan fingerprint density at radius 1 is 0.828 bits per heavy atom. The van der Waals surface area contributed by atoms with Crippen molar-refractivity contribution in [2.75, 3.05) is 14.2 Å². The number of phenolic OH excluding ortho intramolecular Hbond substituents is 1. The van der Waals surface area contributed by atoms with Crippen LogP contribution in [0, 0.1) is 6.92 Å². The van der Waals surface area contributed by atoms with E-state index in [-0.39, 0.29) is 5.75 Å². The third kappa shape index (κ3) is 3.43. The highest BCUT2D eigenvalue weighted by Gasteiger charge is 2.22. The highest BCUT2D eigenvalue weighted by atomic mass is 16.5. The molecule has 5 heteroatoms. The molecule has 0 aliphatic heterocycles. The van der Waals surface area contributed by atoms with Crippen molar-refractivity contribution in [2.24, 2.45) is 0 Å². The molecule has 0 atom stereocenters. The van der Waals surface area contributed by atoms with E-state index in [1.54, 1.807) is 20.3 Å². The van der Waals surface area contributed by atoms with Crippen molar-refractivity contribution >= 4 is 0 Å². The molecular formula is C24H21NO4. The summed E-state index contributed by atoms with van der Waals surface area (Å²) >= 11 is 0. The number of hydrogen-bond acceptors (Lipinski definition) is 5. The van der Waals surface area contributed by atoms with Gasteiger partial charge in [-0.1, -0.05) is 47.6 Å². The first-order chi connectivity index (χ1) is 14.1. The first kappa shape index (κ1) is 18.6. The molecule has 0 aliphatic carbocycles. The summed E-state index contributed by atoms with van der Waals surface area (Å²) in [5.74, 6) is 1.92. The third-order valence-electron chi connectivity index (χ3n) is 4.89. The Morgan fingerprint density at radius 2 is 1.55 bits per heavy atom. The zero-order valence-corrected chi connectivity index (χ0v) is 16.5. The molecule has 29 heavy (non-hydrogen) atoms. The van der Waals surface area contributed by atoms with Crippen LogP contribution in [0.2, 0.25) is 0 Å². The standard InChI is InChI=1S/C24H21NO4/c1-15-23(17-9-11-18(27-2)12-10-17)24(29-25-15)20-13-19(16-7-5-4-6-8-16)22(28-3)14-21(20)26/h4-14,26H,1-3H3. The second-order valence-electron chi connectivity index (χ2n) is 6.64. The summed E-state index contributed by atoms with van der Waals surface area (Å²) in [6, 6.07) is 21.0. The van der Waals surface area contributed by atoms with Crippen LogP contribution in [-0.4, -0.2) is 24.5 Å². The highest BCUT2D eigenvalue weighted by Crippen LogP contribution is 2.44. The van der Waals surface area contributed by atoms with Gasteiger partial charge in [0.1, 0.15) is 17.2 Å². The fraction of sp³-hybridized carbons (Fsp3) is 0.125. The Kier molecular flexibility index (Phi) is 4.96. The van der Waals surface area contributed by atoms with Gasteiger partial charge in [0.05, 0.1) is 31.0 Å². The van der Waals surface area contributed by atoms with E-state index in [0.29, 0.717) is 17.1 Å². The molecule has 1 aromatic heterocycles. The van der Waals surface area contributed by atoms with Gasteiger partial charge in [-0.3, -0.25) is 0 Å². The second-order valence-corrected chi connectivity index (χ2v) is 6.64. The number of methoxy groups -OCH3 is 2. The fourth-order valence-electron chi connectivity index (χ4n) is 3.41. The minimum absolute atomic E-state index is 0.0624. The van der Waals surface area contributed by atoms with Crippen molar-refractivity contribution in [1.82, 2.24) is 5.16 Å². The van der Waals surface area contributed by atoms with Crippen LogP contribution < -0.4 is 9.47 Å². The molecular weight excluding hydrogens is 366 g/mol. The summed E-state index contributed by atoms with van der Waals surface area (Å²) in [5, 5.41) is 14.9. The van der Waals surface area contributed by atoms with Crippen LogP contribution in [0.4, 0.5) is 0 Å². The van der Waals surface area contributed by atoms with Crippen LogP contribution >= 0.6 is 0 Å². The van der Waals surface area contributed by atoms with Crippen LogP contribution in [0.3, 0.4) is 0 Å². The molecule has 1 N–H and O–H groups in total. The number of ether oxygens (including phenoxy) is 2. The first-order valence-electron chi connectivity index (χ1n) is 9.20. The second kappa shape index (κ2) is 7.72. The van der Waals surface area contributed by atoms with Gasteiger partial charge in [0.25, 0.3) is 0 Å². The maximum Gasteiger partial charge on any atom is 0.178 e. The summed E-state index contributed by atoms with van der Waals surface area (Å²) in [6.07, 6.45) is 0. The van der Waals surface area contributed by atoms with E-state index in [1.165, 1.54) is 0 Å². The van der Waals surface area contributed by atoms with Crippen LogP contribution in [0.1, 0.15) is 5.69 Å². The van der Waals surface area contributed by atoms with E-state index in [1.807, 2.05) is 67.6 Å². The Morgan fingerprint density at radius 3 is 2.21 bits per heavy atom. The molecule has 0 aliphatic rings. The highest BCUT2D eigenvalue weighted by molar-refractivity contribution is 5.87. The van der Waals surface area contributed by atoms with Gasteiger partial charge in [0.15, 0.2) is 5.76 Å². The monoisotopic (exact) mass is 387 g/mol. The number of phenols is 1. The van der Waals surface area contributed by atoms with Crippen molar-refractivity contribution in [2.45, 2.75) is 6.92 Å². The molecule has 0 saturated carbocycles. The predicted molar refractivity (Wildman–Crippen MR) is 112 cm³/mol. The maximum atomic E-state index is 10.7. The van der Waals surface area contributed by atoms with Crippen molar-refractivity contribution in [3.63, 3.8) is 0 Å². The molecule has 0 spiro atoms. The van der Waals surface area contributed by atoms with E-state index >= 15 is 0 Å². The van der Waals surface area contributed by atoms with Gasteiger partial charge in [-0.15, -0.1) is 0 Å². The zero-order chi connectivity index (χ0) is 20.4. The van der Waals surface area contributed by atoms with Crippen LogP contribution in [0.5, 0.6) is 17.2 Å². The Labute approximate surface area is 169 Å². The Bertz CT molecular complexity index is 1130. The van der Waals surface area contributed by atoms with Gasteiger partial charge < -0.3 is 19.1 Å². The van der Waals surface area contributed by atoms with E-state index in [2.05, 4.69) is 5.16 Å². The van der Waals surface area contributed by atoms with Gasteiger partial charge in [0.2, 0.25) is 0 Å². The van der Waals surface area contributed by atoms with E-state index in [0.717, 1.165) is 33.7 Å². The molecule has 0 bridgehead atoms. The van der Waals surface area contributed by atoms with Crippen molar-refractivity contribution in [3.8, 4) is 50.8 Å². The van der Waals surface area contributed by atoms with Gasteiger partial charge >= 0.3 is 0 Å². The molecule has 0 amide bonds. The summed E-state index contributed by atoms with van der Waals surface area (Å²) in [6.45, 7) is 1.88. The largest absolute Gasteiger partial charge is 0.507 e. The molecule has 146 valence electrons. The lowest BCUT2D eigenvalue weighted by Crippen LogP contribution is -1.91. The fourth-order valence-corrected chi connectivity index (χ4v) is 3.41. The zero-order valence-electron chi connectivity index (χ0n) is 16.5. The third-order valence-corrected chi connectivity index (χ3v) is 4.89. The normalized spacial score (nSPS) is 10.7. The van der Waals surface area contributed by atoms with Crippen molar-refractivity contribution in [3.05, 3.63) is 72.4 Å². The minimum atomic E-state index is 0.0624. The molecule has 0 fully saturated rings. The van der Waals surface area contributed by atoms with E-state index in [4.69, 9.17) is 14.0 Å². The molecule has 0 saturated heterocycles. The van der Waals surface area contributed by atoms with Crippen molar-refractivity contribution < 1.29 is 19.1 Å². The molecule has 4 rings (SSSR count). The topological polar surface area (TPSA) is 64.7 Å². The molecule has 0 radical (unpaired) electrons. The average molecular weight is 387 g/mol. The average Bonchev–Trinajstić information content (AvgIpc) is 3.15. The van der Waals surface area contributed by atoms with Gasteiger partial charge in [-0.2, -0.15) is 0 Å². The molecule has 5 nitrogen and oxygen atoms in total. The number of rotatable bonds is 5. The van der Waals surface area contributed by atoms with Crippen LogP contribution in [0.15, 0.2) is 71.3 Å². The number of aryl methyl sites for hydroxylation is 1. The van der Waals surface area contributed by atoms with Gasteiger partial charge in [0, 0.05) is 11.6 Å². The first-order valence-corrected chi connectivity index (χ1v) is 9.20. The predicted octanol–water partition coefficient (Wildman–Crippen LogP) is 5.71. The lowest BCUT2D eigenvalue weighted by Gasteiger charge is -2.13. The number of nitrogens with zero attached hydrogens (tertiary/aromatic N) is 1. The Hall–Kier alpha value is -3.73. The van der Waals surface area contributed by atoms with E-state index < -0.39 is 0 Å². The lowest BCUT2D eigenvalue weighted by atomic mass is 9.95. The number of aromatic nitrogens is 1. The summed E-state index contributed by atoms with van der Waals surface area (Å²) in [4.78, 5) is 0. The maximum absolute atomic E-state index is 10.7. The summed E-state index contributed by atoms with van der Waals surface area (Å²) in [7, 11) is 3.22. The summed E-state index contributed by atoms with van der Waals surface area (Å²) < 4.78 is 16.4. The van der Waals surface area contributed by atoms with Gasteiger partial charge in [-0.25, -0.2) is 0 Å². The SMILES string of the molecule is COc1ccc(-c2c(C)noc2-c2cc(-c3ccccc3)c(OC)cc2O)cc1. The van der Waals surface area contributed by atoms with E-state index in [9.17, 15) is 5.11 Å². The van der Waals surface area contributed by atoms with Crippen molar-refractivity contribution in [1.29, 1.82) is 0 Å². The van der Waals surface area contributed by atoms with Crippen LogP contribution in [-0.2, 0) is 0 Å². The molecule has 3 aromatic carbocycles. The minimum Gasteiger partial charge on any atom is -0.507 e. The smallest absolute Gasteiger partial charge is 0.178 e. The van der Waals surface area contributed by atoms with Crippen LogP contribution in [0.25, 0.3) is 33.6 Å². The number of benzene rings is 3. The molecule has 1 heterocycles.